The molecule has 0 bridgehead atoms. The number of nitrogens with zero attached hydrogens (tertiary/aromatic N) is 3. The summed E-state index contributed by atoms with van der Waals surface area (Å²) in [5.74, 6) is -0.0943. The molecule has 7 nitrogen and oxygen atoms in total. The first kappa shape index (κ1) is 22.1. The number of amides is 1. The SMILES string of the molecule is CCn1c2ccccc2c2cc(NC(=O)CN3CCN(S(=O)(=O)c4cccs4)CC3)ccc21. The van der Waals surface area contributed by atoms with Gasteiger partial charge in [-0.2, -0.15) is 4.31 Å². The lowest BCUT2D eigenvalue weighted by atomic mass is 10.1. The number of sulfonamides is 1. The number of thiophene rings is 1. The van der Waals surface area contributed by atoms with Crippen LogP contribution in [0.1, 0.15) is 6.92 Å². The maximum Gasteiger partial charge on any atom is 0.252 e. The van der Waals surface area contributed by atoms with Gasteiger partial charge in [-0.15, -0.1) is 11.3 Å². The molecule has 1 saturated heterocycles. The number of piperazine rings is 1. The van der Waals surface area contributed by atoms with E-state index in [-0.39, 0.29) is 12.5 Å². The minimum Gasteiger partial charge on any atom is -0.341 e. The summed E-state index contributed by atoms with van der Waals surface area (Å²) in [6.45, 7) is 5.08. The van der Waals surface area contributed by atoms with Gasteiger partial charge in [-0.3, -0.25) is 9.69 Å². The minimum atomic E-state index is -3.44. The van der Waals surface area contributed by atoms with E-state index in [1.165, 1.54) is 26.5 Å². The van der Waals surface area contributed by atoms with Crippen molar-refractivity contribution in [1.29, 1.82) is 0 Å². The summed E-state index contributed by atoms with van der Waals surface area (Å²) in [7, 11) is -3.44. The van der Waals surface area contributed by atoms with Crippen LogP contribution in [0.15, 0.2) is 64.2 Å². The van der Waals surface area contributed by atoms with Crippen molar-refractivity contribution in [3.63, 3.8) is 0 Å². The van der Waals surface area contributed by atoms with E-state index in [1.807, 2.05) is 29.2 Å². The van der Waals surface area contributed by atoms with Gasteiger partial charge in [-0.25, -0.2) is 8.42 Å². The second kappa shape index (κ2) is 8.90. The molecule has 1 fully saturated rings. The molecule has 2 aromatic heterocycles. The van der Waals surface area contributed by atoms with Gasteiger partial charge >= 0.3 is 0 Å². The van der Waals surface area contributed by atoms with E-state index in [4.69, 9.17) is 0 Å². The number of hydrogen-bond donors (Lipinski definition) is 1. The van der Waals surface area contributed by atoms with Gasteiger partial charge in [0.15, 0.2) is 0 Å². The fourth-order valence-corrected chi connectivity index (χ4v) is 7.11. The summed E-state index contributed by atoms with van der Waals surface area (Å²) in [6, 6.07) is 17.7. The molecule has 33 heavy (non-hydrogen) atoms. The first-order chi connectivity index (χ1) is 16.0. The van der Waals surface area contributed by atoms with Crippen LogP contribution in [0, 0.1) is 0 Å². The van der Waals surface area contributed by atoms with Crippen LogP contribution in [0.5, 0.6) is 0 Å². The first-order valence-corrected chi connectivity index (χ1v) is 13.4. The van der Waals surface area contributed by atoms with Crippen LogP contribution in [-0.4, -0.2) is 60.8 Å². The molecule has 0 atom stereocenters. The number of fused-ring (bicyclic) bond motifs is 3. The number of carbonyl (C=O) groups excluding carboxylic acids is 1. The van der Waals surface area contributed by atoms with Gasteiger partial charge in [0.1, 0.15) is 4.21 Å². The predicted octanol–water partition coefficient (Wildman–Crippen LogP) is 3.82. The molecule has 3 heterocycles. The molecule has 1 amide bonds. The number of anilines is 1. The van der Waals surface area contributed by atoms with E-state index in [1.54, 1.807) is 17.5 Å². The van der Waals surface area contributed by atoms with E-state index < -0.39 is 10.0 Å². The molecule has 2 aromatic carbocycles. The fraction of sp³-hybridized carbons (Fsp3) is 0.292. The van der Waals surface area contributed by atoms with E-state index in [0.29, 0.717) is 30.4 Å². The maximum absolute atomic E-state index is 12.7. The molecule has 0 radical (unpaired) electrons. The minimum absolute atomic E-state index is 0.0943. The second-order valence-electron chi connectivity index (χ2n) is 8.15. The summed E-state index contributed by atoms with van der Waals surface area (Å²) in [5, 5.41) is 7.08. The number of nitrogens with one attached hydrogen (secondary N) is 1. The molecule has 1 aliphatic rings. The van der Waals surface area contributed by atoms with Crippen molar-refractivity contribution in [2.45, 2.75) is 17.7 Å². The number of aromatic nitrogens is 1. The Morgan fingerprint density at radius 1 is 0.970 bits per heavy atom. The van der Waals surface area contributed by atoms with Gasteiger partial charge in [0.05, 0.1) is 6.54 Å². The summed E-state index contributed by atoms with van der Waals surface area (Å²) < 4.78 is 29.5. The Morgan fingerprint density at radius 3 is 2.45 bits per heavy atom. The Morgan fingerprint density at radius 2 is 1.73 bits per heavy atom. The summed E-state index contributed by atoms with van der Waals surface area (Å²) in [5.41, 5.74) is 3.11. The van der Waals surface area contributed by atoms with E-state index in [2.05, 4.69) is 35.0 Å². The zero-order valence-corrected chi connectivity index (χ0v) is 20.0. The van der Waals surface area contributed by atoms with Crippen LogP contribution in [0.2, 0.25) is 0 Å². The number of aryl methyl sites for hydroxylation is 1. The smallest absolute Gasteiger partial charge is 0.252 e. The van der Waals surface area contributed by atoms with Crippen molar-refractivity contribution >= 4 is 54.8 Å². The van der Waals surface area contributed by atoms with Crippen molar-refractivity contribution in [2.75, 3.05) is 38.0 Å². The van der Waals surface area contributed by atoms with Crippen LogP contribution < -0.4 is 5.32 Å². The molecule has 0 spiro atoms. The summed E-state index contributed by atoms with van der Waals surface area (Å²) >= 11 is 1.23. The number of carbonyl (C=O) groups is 1. The molecule has 5 rings (SSSR count). The highest BCUT2D eigenvalue weighted by atomic mass is 32.2. The Labute approximate surface area is 197 Å². The van der Waals surface area contributed by atoms with Crippen molar-refractivity contribution in [2.24, 2.45) is 0 Å². The molecule has 0 saturated carbocycles. The van der Waals surface area contributed by atoms with E-state index in [0.717, 1.165) is 23.1 Å². The normalized spacial score (nSPS) is 15.9. The highest BCUT2D eigenvalue weighted by Gasteiger charge is 2.29. The monoisotopic (exact) mass is 482 g/mol. The van der Waals surface area contributed by atoms with Crippen LogP contribution in [0.4, 0.5) is 5.69 Å². The lowest BCUT2D eigenvalue weighted by Gasteiger charge is -2.33. The predicted molar refractivity (Wildman–Crippen MR) is 133 cm³/mol. The number of para-hydroxylation sites is 1. The topological polar surface area (TPSA) is 74.7 Å². The molecule has 9 heteroatoms. The third kappa shape index (κ3) is 4.17. The molecule has 1 N–H and O–H groups in total. The van der Waals surface area contributed by atoms with Gasteiger partial charge in [-0.05, 0) is 42.6 Å². The molecular formula is C24H26N4O3S2. The molecule has 4 aromatic rings. The third-order valence-electron chi connectivity index (χ3n) is 6.16. The molecule has 0 unspecified atom stereocenters. The number of rotatable bonds is 6. The fourth-order valence-electron chi connectivity index (χ4n) is 4.54. The van der Waals surface area contributed by atoms with Gasteiger partial charge in [0.2, 0.25) is 5.91 Å². The van der Waals surface area contributed by atoms with Crippen LogP contribution >= 0.6 is 11.3 Å². The zero-order chi connectivity index (χ0) is 23.0. The van der Waals surface area contributed by atoms with Gasteiger partial charge < -0.3 is 9.88 Å². The van der Waals surface area contributed by atoms with Crippen molar-refractivity contribution in [1.82, 2.24) is 13.8 Å². The van der Waals surface area contributed by atoms with E-state index >= 15 is 0 Å². The number of hydrogen-bond acceptors (Lipinski definition) is 5. The highest BCUT2D eigenvalue weighted by molar-refractivity contribution is 7.91. The Balaban J connectivity index is 1.24. The van der Waals surface area contributed by atoms with Crippen molar-refractivity contribution in [3.8, 4) is 0 Å². The molecule has 1 aliphatic heterocycles. The average molecular weight is 483 g/mol. The highest BCUT2D eigenvalue weighted by Crippen LogP contribution is 2.31. The maximum atomic E-state index is 12.7. The van der Waals surface area contributed by atoms with Crippen LogP contribution in [-0.2, 0) is 21.4 Å². The largest absolute Gasteiger partial charge is 0.341 e. The quantitative estimate of drug-likeness (QED) is 0.453. The Bertz CT molecular complexity index is 1400. The Hall–Kier alpha value is -2.72. The van der Waals surface area contributed by atoms with Crippen molar-refractivity contribution in [3.05, 3.63) is 60.0 Å². The van der Waals surface area contributed by atoms with Crippen LogP contribution in [0.3, 0.4) is 0 Å². The summed E-state index contributed by atoms with van der Waals surface area (Å²) in [4.78, 5) is 14.7. The van der Waals surface area contributed by atoms with E-state index in [9.17, 15) is 13.2 Å². The lowest BCUT2D eigenvalue weighted by Crippen LogP contribution is -2.50. The van der Waals surface area contributed by atoms with Crippen LogP contribution in [0.25, 0.3) is 21.8 Å². The first-order valence-electron chi connectivity index (χ1n) is 11.0. The molecule has 0 aliphatic carbocycles. The van der Waals surface area contributed by atoms with Gasteiger partial charge in [-0.1, -0.05) is 24.3 Å². The Kier molecular flexibility index (Phi) is 5.96. The second-order valence-corrected chi connectivity index (χ2v) is 11.3. The molecular weight excluding hydrogens is 456 g/mol. The van der Waals surface area contributed by atoms with Crippen molar-refractivity contribution < 1.29 is 13.2 Å². The number of benzene rings is 2. The zero-order valence-electron chi connectivity index (χ0n) is 18.4. The lowest BCUT2D eigenvalue weighted by molar-refractivity contribution is -0.117. The standard InChI is InChI=1S/C24H26N4O3S2/c1-2-28-21-7-4-3-6-19(21)20-16-18(9-10-22(20)28)25-23(29)17-26-11-13-27(14-12-26)33(30,31)24-8-5-15-32-24/h3-10,15-16H,2,11-14,17H2,1H3,(H,25,29). The molecule has 172 valence electrons. The third-order valence-corrected chi connectivity index (χ3v) is 9.43. The van der Waals surface area contributed by atoms with Gasteiger partial charge in [0.25, 0.3) is 10.0 Å². The van der Waals surface area contributed by atoms with Gasteiger partial charge in [0, 0.05) is 60.2 Å². The average Bonchev–Trinajstić information content (AvgIpc) is 3.46. The summed E-state index contributed by atoms with van der Waals surface area (Å²) in [6.07, 6.45) is 0.